The van der Waals surface area contributed by atoms with E-state index in [-0.39, 0.29) is 11.4 Å². The van der Waals surface area contributed by atoms with Crippen LogP contribution in [0.1, 0.15) is 19.4 Å². The first-order chi connectivity index (χ1) is 15.9. The summed E-state index contributed by atoms with van der Waals surface area (Å²) in [4.78, 5) is 38.7. The largest absolute Gasteiger partial charge is 0.497 e. The zero-order valence-electron chi connectivity index (χ0n) is 18.3. The second kappa shape index (κ2) is 11.2. The lowest BCUT2D eigenvalue weighted by atomic mass is 10.2. The molecular weight excluding hydrogens is 512 g/mol. The van der Waals surface area contributed by atoms with Crippen LogP contribution in [0.2, 0.25) is 0 Å². The number of ether oxygens (including phenoxy) is 3. The van der Waals surface area contributed by atoms with Crippen molar-refractivity contribution in [3.8, 4) is 17.2 Å². The molecule has 33 heavy (non-hydrogen) atoms. The maximum Gasteiger partial charge on any atom is 0.294 e. The van der Waals surface area contributed by atoms with Crippen molar-refractivity contribution in [3.05, 3.63) is 51.3 Å². The zero-order valence-corrected chi connectivity index (χ0v) is 20.7. The van der Waals surface area contributed by atoms with E-state index in [4.69, 9.17) is 14.2 Å². The first-order valence-electron chi connectivity index (χ1n) is 10.1. The molecule has 2 aromatic carbocycles. The smallest absolute Gasteiger partial charge is 0.294 e. The van der Waals surface area contributed by atoms with Crippen LogP contribution in [-0.4, -0.2) is 48.8 Å². The standard InChI is InChI=1S/C23H23BrN2O6S/c1-4-31-18-11-14(10-17(24)21(18)32-5-2)12-19-22(28)26(23(29)33-19)13-20(27)25-15-6-8-16(30-3)9-7-15/h6-12H,4-5,13H2,1-3H3,(H,25,27)/b19-12+. The van der Waals surface area contributed by atoms with Gasteiger partial charge in [-0.15, -0.1) is 0 Å². The summed E-state index contributed by atoms with van der Waals surface area (Å²) in [6.07, 6.45) is 1.59. The van der Waals surface area contributed by atoms with E-state index in [0.717, 1.165) is 16.7 Å². The lowest BCUT2D eigenvalue weighted by Crippen LogP contribution is -2.36. The number of rotatable bonds is 9. The van der Waals surface area contributed by atoms with E-state index in [1.807, 2.05) is 13.8 Å². The molecule has 1 aliphatic rings. The highest BCUT2D eigenvalue weighted by atomic mass is 79.9. The second-order valence-corrected chi connectivity index (χ2v) is 8.59. The lowest BCUT2D eigenvalue weighted by Gasteiger charge is -2.14. The minimum absolute atomic E-state index is 0.218. The molecule has 0 atom stereocenters. The average Bonchev–Trinajstić information content (AvgIpc) is 3.04. The van der Waals surface area contributed by atoms with Gasteiger partial charge in [-0.1, -0.05) is 0 Å². The topological polar surface area (TPSA) is 94.2 Å². The van der Waals surface area contributed by atoms with Crippen LogP contribution < -0.4 is 19.5 Å². The van der Waals surface area contributed by atoms with Gasteiger partial charge in [0.05, 0.1) is 29.7 Å². The van der Waals surface area contributed by atoms with Crippen LogP contribution in [0.3, 0.4) is 0 Å². The number of anilines is 1. The Morgan fingerprint density at radius 2 is 1.82 bits per heavy atom. The minimum Gasteiger partial charge on any atom is -0.497 e. The Morgan fingerprint density at radius 3 is 2.45 bits per heavy atom. The molecule has 3 rings (SSSR count). The molecule has 2 aromatic rings. The Balaban J connectivity index is 1.74. The van der Waals surface area contributed by atoms with Gasteiger partial charge in [0, 0.05) is 5.69 Å². The summed E-state index contributed by atoms with van der Waals surface area (Å²) in [5.41, 5.74) is 1.19. The highest BCUT2D eigenvalue weighted by Crippen LogP contribution is 2.39. The van der Waals surface area contributed by atoms with Crippen molar-refractivity contribution >= 4 is 56.5 Å². The summed E-state index contributed by atoms with van der Waals surface area (Å²) >= 11 is 4.25. The van der Waals surface area contributed by atoms with Gasteiger partial charge in [-0.3, -0.25) is 19.3 Å². The number of benzene rings is 2. The quantitative estimate of drug-likeness (QED) is 0.455. The van der Waals surface area contributed by atoms with Crippen LogP contribution in [0.4, 0.5) is 10.5 Å². The van der Waals surface area contributed by atoms with Gasteiger partial charge in [-0.25, -0.2) is 0 Å². The van der Waals surface area contributed by atoms with Crippen LogP contribution in [0, 0.1) is 0 Å². The first kappa shape index (κ1) is 24.7. The van der Waals surface area contributed by atoms with Crippen LogP contribution in [0.25, 0.3) is 6.08 Å². The molecule has 1 aliphatic heterocycles. The molecule has 0 bridgehead atoms. The van der Waals surface area contributed by atoms with Crippen molar-refractivity contribution in [1.29, 1.82) is 0 Å². The molecule has 3 amide bonds. The van der Waals surface area contributed by atoms with Crippen LogP contribution >= 0.6 is 27.7 Å². The fourth-order valence-corrected chi connectivity index (χ4v) is 4.44. The van der Waals surface area contributed by atoms with Crippen molar-refractivity contribution in [2.75, 3.05) is 32.2 Å². The maximum atomic E-state index is 12.8. The highest BCUT2D eigenvalue weighted by molar-refractivity contribution is 9.10. The Hall–Kier alpha value is -2.98. The monoisotopic (exact) mass is 534 g/mol. The van der Waals surface area contributed by atoms with E-state index < -0.39 is 17.1 Å². The zero-order chi connectivity index (χ0) is 24.0. The van der Waals surface area contributed by atoms with Crippen molar-refractivity contribution in [2.24, 2.45) is 0 Å². The lowest BCUT2D eigenvalue weighted by molar-refractivity contribution is -0.127. The molecule has 0 aliphatic carbocycles. The Labute approximate surface area is 204 Å². The maximum absolute atomic E-state index is 12.8. The van der Waals surface area contributed by atoms with Crippen LogP contribution in [0.5, 0.6) is 17.2 Å². The van der Waals surface area contributed by atoms with Crippen molar-refractivity contribution < 1.29 is 28.6 Å². The predicted molar refractivity (Wildman–Crippen MR) is 131 cm³/mol. The number of nitrogens with one attached hydrogen (secondary N) is 1. The molecule has 174 valence electrons. The number of thioether (sulfide) groups is 1. The molecule has 0 saturated carbocycles. The molecule has 1 fully saturated rings. The molecule has 0 aromatic heterocycles. The summed E-state index contributed by atoms with van der Waals surface area (Å²) in [6, 6.07) is 10.3. The molecule has 1 heterocycles. The normalized spacial score (nSPS) is 14.5. The number of hydrogen-bond donors (Lipinski definition) is 1. The van der Waals surface area contributed by atoms with Gasteiger partial charge < -0.3 is 19.5 Å². The van der Waals surface area contributed by atoms with Gasteiger partial charge in [0.1, 0.15) is 12.3 Å². The van der Waals surface area contributed by atoms with Gasteiger partial charge in [0.2, 0.25) is 5.91 Å². The summed E-state index contributed by atoms with van der Waals surface area (Å²) in [5, 5.41) is 2.16. The van der Waals surface area contributed by atoms with Crippen molar-refractivity contribution in [3.63, 3.8) is 0 Å². The summed E-state index contributed by atoms with van der Waals surface area (Å²) in [7, 11) is 1.55. The number of hydrogen-bond acceptors (Lipinski definition) is 7. The fraction of sp³-hybridized carbons (Fsp3) is 0.261. The van der Waals surface area contributed by atoms with E-state index in [0.29, 0.717) is 46.2 Å². The third-order valence-electron chi connectivity index (χ3n) is 4.47. The number of methoxy groups -OCH3 is 1. The third-order valence-corrected chi connectivity index (χ3v) is 5.96. The molecule has 10 heteroatoms. The van der Waals surface area contributed by atoms with E-state index in [2.05, 4.69) is 21.2 Å². The summed E-state index contributed by atoms with van der Waals surface area (Å²) in [6.45, 7) is 4.26. The Morgan fingerprint density at radius 1 is 1.12 bits per heavy atom. The number of carbonyl (C=O) groups excluding carboxylic acids is 3. The van der Waals surface area contributed by atoms with Gasteiger partial charge >= 0.3 is 0 Å². The summed E-state index contributed by atoms with van der Waals surface area (Å²) in [5.74, 6) is 0.736. The average molecular weight is 535 g/mol. The van der Waals surface area contributed by atoms with E-state index >= 15 is 0 Å². The van der Waals surface area contributed by atoms with Gasteiger partial charge in [-0.05, 0) is 89.6 Å². The molecule has 1 N–H and O–H groups in total. The Kier molecular flexibility index (Phi) is 8.40. The second-order valence-electron chi connectivity index (χ2n) is 6.74. The van der Waals surface area contributed by atoms with Gasteiger partial charge in [0.15, 0.2) is 11.5 Å². The van der Waals surface area contributed by atoms with Crippen molar-refractivity contribution in [1.82, 2.24) is 4.90 Å². The van der Waals surface area contributed by atoms with Crippen LogP contribution in [0.15, 0.2) is 45.8 Å². The first-order valence-corrected chi connectivity index (χ1v) is 11.8. The van der Waals surface area contributed by atoms with Crippen LogP contribution in [-0.2, 0) is 9.59 Å². The molecule has 1 saturated heterocycles. The number of imide groups is 1. The molecule has 8 nitrogen and oxygen atoms in total. The predicted octanol–water partition coefficient (Wildman–Crippen LogP) is 4.93. The summed E-state index contributed by atoms with van der Waals surface area (Å²) < 4.78 is 17.0. The number of nitrogens with zero attached hydrogens (tertiary/aromatic N) is 1. The van der Waals surface area contributed by atoms with E-state index in [9.17, 15) is 14.4 Å². The fourth-order valence-electron chi connectivity index (χ4n) is 3.02. The number of carbonyl (C=O) groups is 3. The van der Waals surface area contributed by atoms with Gasteiger partial charge in [-0.2, -0.15) is 0 Å². The molecular formula is C23H23BrN2O6S. The Bertz CT molecular complexity index is 1090. The number of amides is 3. The SMILES string of the molecule is CCOc1cc(/C=C2/SC(=O)N(CC(=O)Nc3ccc(OC)cc3)C2=O)cc(Br)c1OCC. The third kappa shape index (κ3) is 6.08. The van der Waals surface area contributed by atoms with Gasteiger partial charge in [0.25, 0.3) is 11.1 Å². The minimum atomic E-state index is -0.530. The molecule has 0 unspecified atom stereocenters. The highest BCUT2D eigenvalue weighted by Gasteiger charge is 2.36. The molecule has 0 radical (unpaired) electrons. The number of halogens is 1. The van der Waals surface area contributed by atoms with Crippen molar-refractivity contribution in [2.45, 2.75) is 13.8 Å². The molecule has 0 spiro atoms. The van der Waals surface area contributed by atoms with E-state index in [1.165, 1.54) is 0 Å². The van der Waals surface area contributed by atoms with E-state index in [1.54, 1.807) is 49.6 Å².